The highest BCUT2D eigenvalue weighted by Crippen LogP contribution is 2.33. The van der Waals surface area contributed by atoms with Crippen LogP contribution in [0, 0.1) is 12.3 Å². The zero-order chi connectivity index (χ0) is 18.1. The number of nitrogens with zero attached hydrogens (tertiary/aromatic N) is 4. The average Bonchev–Trinajstić information content (AvgIpc) is 3.06. The standard InChI is InChI=1S/C16H19N5O4/c1-4-6-20-11-8-18-15(17)19-13(11)21(16(20)23)14-12(24-9(3)22)7-10(5-2)25-14/h1,8,10,12,14H,5-7H2,2-3H3,(H2,17,18,19)/t10-,12-,14-/m1/s1. The summed E-state index contributed by atoms with van der Waals surface area (Å²) in [5.41, 5.74) is 6.01. The lowest BCUT2D eigenvalue weighted by molar-refractivity contribution is -0.152. The van der Waals surface area contributed by atoms with Crippen LogP contribution in [0.25, 0.3) is 11.2 Å². The molecule has 2 N–H and O–H groups in total. The van der Waals surface area contributed by atoms with E-state index >= 15 is 0 Å². The molecule has 3 heterocycles. The molecular weight excluding hydrogens is 326 g/mol. The minimum absolute atomic E-state index is 0.0215. The van der Waals surface area contributed by atoms with Gasteiger partial charge in [0.2, 0.25) is 5.95 Å². The molecule has 9 heteroatoms. The predicted octanol–water partition coefficient (Wildman–Crippen LogP) is 0.438. The summed E-state index contributed by atoms with van der Waals surface area (Å²) in [4.78, 5) is 32.4. The van der Waals surface area contributed by atoms with Gasteiger partial charge in [0.15, 0.2) is 11.9 Å². The van der Waals surface area contributed by atoms with E-state index in [0.29, 0.717) is 17.6 Å². The average molecular weight is 345 g/mol. The molecule has 0 bridgehead atoms. The molecule has 25 heavy (non-hydrogen) atoms. The third kappa shape index (κ3) is 2.96. The van der Waals surface area contributed by atoms with Crippen LogP contribution in [0.3, 0.4) is 0 Å². The Morgan fingerprint density at radius 1 is 1.60 bits per heavy atom. The number of carbonyl (C=O) groups excluding carboxylic acids is 1. The van der Waals surface area contributed by atoms with Gasteiger partial charge in [-0.2, -0.15) is 4.98 Å². The molecule has 1 fully saturated rings. The van der Waals surface area contributed by atoms with E-state index in [1.165, 1.54) is 22.3 Å². The Balaban J connectivity index is 2.18. The number of aromatic nitrogens is 4. The highest BCUT2D eigenvalue weighted by atomic mass is 16.6. The van der Waals surface area contributed by atoms with Gasteiger partial charge in [0.05, 0.1) is 18.8 Å². The normalized spacial score (nSPS) is 22.8. The summed E-state index contributed by atoms with van der Waals surface area (Å²) in [7, 11) is 0. The topological polar surface area (TPSA) is 114 Å². The Morgan fingerprint density at radius 3 is 3.00 bits per heavy atom. The fraction of sp³-hybridized carbons (Fsp3) is 0.500. The van der Waals surface area contributed by atoms with Gasteiger partial charge in [0.1, 0.15) is 11.6 Å². The first-order chi connectivity index (χ1) is 12.0. The van der Waals surface area contributed by atoms with Crippen molar-refractivity contribution in [2.75, 3.05) is 5.73 Å². The van der Waals surface area contributed by atoms with Crippen molar-refractivity contribution >= 4 is 23.1 Å². The maximum atomic E-state index is 12.9. The van der Waals surface area contributed by atoms with Gasteiger partial charge in [-0.25, -0.2) is 14.3 Å². The highest BCUT2D eigenvalue weighted by Gasteiger charge is 2.40. The number of fused-ring (bicyclic) bond motifs is 1. The van der Waals surface area contributed by atoms with Crippen LogP contribution in [0.15, 0.2) is 11.0 Å². The number of anilines is 1. The zero-order valence-corrected chi connectivity index (χ0v) is 14.0. The summed E-state index contributed by atoms with van der Waals surface area (Å²) >= 11 is 0. The van der Waals surface area contributed by atoms with Crippen LogP contribution in [0.4, 0.5) is 5.95 Å². The third-order valence-corrected chi connectivity index (χ3v) is 4.15. The molecule has 1 aliphatic heterocycles. The molecule has 2 aromatic rings. The third-order valence-electron chi connectivity index (χ3n) is 4.15. The van der Waals surface area contributed by atoms with Crippen molar-refractivity contribution in [1.29, 1.82) is 0 Å². The van der Waals surface area contributed by atoms with Crippen LogP contribution in [-0.4, -0.2) is 37.3 Å². The fourth-order valence-corrected chi connectivity index (χ4v) is 3.07. The fourth-order valence-electron chi connectivity index (χ4n) is 3.07. The van der Waals surface area contributed by atoms with E-state index in [2.05, 4.69) is 15.9 Å². The number of esters is 1. The molecule has 0 aliphatic carbocycles. The van der Waals surface area contributed by atoms with Gasteiger partial charge in [-0.1, -0.05) is 12.8 Å². The summed E-state index contributed by atoms with van der Waals surface area (Å²) in [6, 6.07) is 0. The Morgan fingerprint density at radius 2 is 2.36 bits per heavy atom. The maximum Gasteiger partial charge on any atom is 0.333 e. The minimum Gasteiger partial charge on any atom is -0.458 e. The van der Waals surface area contributed by atoms with Crippen molar-refractivity contribution in [3.63, 3.8) is 0 Å². The Bertz CT molecular complexity index is 910. The second-order valence-electron chi connectivity index (χ2n) is 5.82. The first-order valence-corrected chi connectivity index (χ1v) is 7.95. The number of ether oxygens (including phenoxy) is 2. The lowest BCUT2D eigenvalue weighted by Gasteiger charge is -2.19. The van der Waals surface area contributed by atoms with Gasteiger partial charge in [-0.05, 0) is 6.42 Å². The number of nitrogen functional groups attached to an aromatic ring is 1. The maximum absolute atomic E-state index is 12.9. The molecule has 132 valence electrons. The van der Waals surface area contributed by atoms with Crippen molar-refractivity contribution in [3.05, 3.63) is 16.7 Å². The van der Waals surface area contributed by atoms with Gasteiger partial charge in [-0.15, -0.1) is 6.42 Å². The van der Waals surface area contributed by atoms with E-state index < -0.39 is 24.0 Å². The minimum atomic E-state index is -0.794. The molecule has 1 saturated heterocycles. The van der Waals surface area contributed by atoms with Crippen LogP contribution in [0.2, 0.25) is 0 Å². The molecule has 1 aliphatic rings. The predicted molar refractivity (Wildman–Crippen MR) is 89.4 cm³/mol. The summed E-state index contributed by atoms with van der Waals surface area (Å²) in [5, 5.41) is 0. The number of hydrogen-bond acceptors (Lipinski definition) is 7. The number of carbonyl (C=O) groups is 1. The van der Waals surface area contributed by atoms with Crippen LogP contribution in [0.1, 0.15) is 32.9 Å². The lowest BCUT2D eigenvalue weighted by atomic mass is 10.1. The van der Waals surface area contributed by atoms with E-state index in [0.717, 1.165) is 6.42 Å². The second kappa shape index (κ2) is 6.57. The van der Waals surface area contributed by atoms with Crippen molar-refractivity contribution < 1.29 is 14.3 Å². The van der Waals surface area contributed by atoms with Crippen LogP contribution >= 0.6 is 0 Å². The monoisotopic (exact) mass is 345 g/mol. The second-order valence-corrected chi connectivity index (χ2v) is 5.82. The molecule has 3 atom stereocenters. The first-order valence-electron chi connectivity index (χ1n) is 7.95. The molecule has 3 rings (SSSR count). The van der Waals surface area contributed by atoms with E-state index in [1.54, 1.807) is 0 Å². The number of terminal acetylenes is 1. The lowest BCUT2D eigenvalue weighted by Crippen LogP contribution is -2.33. The zero-order valence-electron chi connectivity index (χ0n) is 14.0. The molecule has 0 radical (unpaired) electrons. The molecule has 2 aromatic heterocycles. The van der Waals surface area contributed by atoms with Crippen molar-refractivity contribution in [3.8, 4) is 12.3 Å². The first kappa shape index (κ1) is 17.0. The van der Waals surface area contributed by atoms with Gasteiger partial charge < -0.3 is 15.2 Å². The molecule has 0 aromatic carbocycles. The van der Waals surface area contributed by atoms with E-state index in [9.17, 15) is 9.59 Å². The van der Waals surface area contributed by atoms with Gasteiger partial charge >= 0.3 is 11.7 Å². The van der Waals surface area contributed by atoms with Crippen molar-refractivity contribution in [1.82, 2.24) is 19.1 Å². The van der Waals surface area contributed by atoms with E-state index in [4.69, 9.17) is 21.6 Å². The van der Waals surface area contributed by atoms with E-state index in [1.807, 2.05) is 6.92 Å². The molecule has 0 spiro atoms. The van der Waals surface area contributed by atoms with Gasteiger partial charge in [-0.3, -0.25) is 9.36 Å². The van der Waals surface area contributed by atoms with E-state index in [-0.39, 0.29) is 18.6 Å². The highest BCUT2D eigenvalue weighted by molar-refractivity contribution is 5.72. The Hall–Kier alpha value is -2.86. The number of nitrogens with two attached hydrogens (primary N) is 1. The van der Waals surface area contributed by atoms with Gasteiger partial charge in [0.25, 0.3) is 0 Å². The Kier molecular flexibility index (Phi) is 4.46. The Labute approximate surface area is 143 Å². The van der Waals surface area contributed by atoms with Crippen molar-refractivity contribution in [2.24, 2.45) is 0 Å². The summed E-state index contributed by atoms with van der Waals surface area (Å²) in [6.45, 7) is 3.33. The molecule has 0 amide bonds. The quantitative estimate of drug-likeness (QED) is 0.631. The number of rotatable bonds is 4. The largest absolute Gasteiger partial charge is 0.458 e. The van der Waals surface area contributed by atoms with Crippen LogP contribution < -0.4 is 11.4 Å². The van der Waals surface area contributed by atoms with Crippen LogP contribution in [-0.2, 0) is 20.8 Å². The van der Waals surface area contributed by atoms with Crippen LogP contribution in [0.5, 0.6) is 0 Å². The number of imidazole rings is 1. The molecule has 0 saturated carbocycles. The van der Waals surface area contributed by atoms with Crippen molar-refractivity contribution in [2.45, 2.75) is 51.7 Å². The molecule has 0 unspecified atom stereocenters. The number of hydrogen-bond donors (Lipinski definition) is 1. The summed E-state index contributed by atoms with van der Waals surface area (Å²) in [6.07, 6.45) is 6.51. The SMILES string of the molecule is C#CCn1c(=O)n([C@@H]2O[C@H](CC)C[C@H]2OC(C)=O)c2nc(N)ncc21. The molecular formula is C16H19N5O4. The molecule has 9 nitrogen and oxygen atoms in total. The van der Waals surface area contributed by atoms with Gasteiger partial charge in [0, 0.05) is 13.3 Å². The summed E-state index contributed by atoms with van der Waals surface area (Å²) in [5.74, 6) is 2.02. The summed E-state index contributed by atoms with van der Waals surface area (Å²) < 4.78 is 14.0. The smallest absolute Gasteiger partial charge is 0.333 e.